The van der Waals surface area contributed by atoms with E-state index in [1.165, 1.54) is 5.52 Å². The van der Waals surface area contributed by atoms with E-state index in [0.29, 0.717) is 19.6 Å². The third-order valence-corrected chi connectivity index (χ3v) is 5.31. The van der Waals surface area contributed by atoms with Gasteiger partial charge < -0.3 is 24.4 Å². The maximum Gasteiger partial charge on any atom is 0.317 e. The number of rotatable bonds is 4. The van der Waals surface area contributed by atoms with Crippen LogP contribution in [0.4, 0.5) is 10.7 Å². The quantitative estimate of drug-likeness (QED) is 0.910. The van der Waals surface area contributed by atoms with Crippen LogP contribution in [-0.2, 0) is 11.3 Å². The van der Waals surface area contributed by atoms with Crippen LogP contribution in [-0.4, -0.2) is 65.9 Å². The molecule has 2 aromatic rings. The number of aromatic nitrogens is 2. The van der Waals surface area contributed by atoms with E-state index >= 15 is 0 Å². The molecular weight excluding hydrogens is 330 g/mol. The maximum absolute atomic E-state index is 12.4. The van der Waals surface area contributed by atoms with Crippen LogP contribution < -0.4 is 10.2 Å². The van der Waals surface area contributed by atoms with Gasteiger partial charge in [-0.25, -0.2) is 9.78 Å². The zero-order valence-corrected chi connectivity index (χ0v) is 15.4. The van der Waals surface area contributed by atoms with Gasteiger partial charge in [0.05, 0.1) is 17.1 Å². The van der Waals surface area contributed by atoms with Crippen LogP contribution in [0.2, 0.25) is 0 Å². The smallest absolute Gasteiger partial charge is 0.317 e. The molecule has 1 atom stereocenters. The van der Waals surface area contributed by atoms with Crippen molar-refractivity contribution in [3.8, 4) is 0 Å². The molecule has 2 aliphatic rings. The average molecular weight is 357 g/mol. The number of hydrogen-bond acceptors (Lipinski definition) is 4. The molecule has 0 radical (unpaired) electrons. The standard InChI is InChI=1S/C19H27N5O2/c1-2-24-17-8-4-3-7-16(17)21-18(24)22-9-11-23(12-10-22)19(25)20-14-15-6-5-13-26-15/h3-4,7-8,15H,2,5-6,9-14H2,1H3,(H,20,25). The average Bonchev–Trinajstić information content (AvgIpc) is 3.33. The molecule has 0 saturated carbocycles. The first-order chi connectivity index (χ1) is 12.8. The second-order valence-corrected chi connectivity index (χ2v) is 6.94. The molecule has 0 bridgehead atoms. The highest BCUT2D eigenvalue weighted by atomic mass is 16.5. The Balaban J connectivity index is 1.36. The second-order valence-electron chi connectivity index (χ2n) is 6.94. The van der Waals surface area contributed by atoms with Crippen LogP contribution in [0.25, 0.3) is 11.0 Å². The molecule has 7 heteroatoms. The van der Waals surface area contributed by atoms with E-state index in [2.05, 4.69) is 39.9 Å². The van der Waals surface area contributed by atoms with Gasteiger partial charge in [0.2, 0.25) is 5.95 Å². The molecule has 7 nitrogen and oxygen atoms in total. The number of imidazole rings is 1. The molecule has 1 N–H and O–H groups in total. The lowest BCUT2D eigenvalue weighted by molar-refractivity contribution is 0.108. The monoisotopic (exact) mass is 357 g/mol. The number of carbonyl (C=O) groups excluding carboxylic acids is 1. The number of fused-ring (bicyclic) bond motifs is 1. The zero-order chi connectivity index (χ0) is 17.9. The molecule has 2 fully saturated rings. The summed E-state index contributed by atoms with van der Waals surface area (Å²) < 4.78 is 7.82. The highest BCUT2D eigenvalue weighted by Crippen LogP contribution is 2.23. The fourth-order valence-corrected chi connectivity index (χ4v) is 3.84. The fraction of sp³-hybridized carbons (Fsp3) is 0.579. The summed E-state index contributed by atoms with van der Waals surface area (Å²) in [5, 5.41) is 3.02. The van der Waals surface area contributed by atoms with Crippen LogP contribution in [0.3, 0.4) is 0 Å². The first kappa shape index (κ1) is 17.1. The van der Waals surface area contributed by atoms with Crippen LogP contribution in [0.15, 0.2) is 24.3 Å². The lowest BCUT2D eigenvalue weighted by atomic mass is 10.2. The Morgan fingerprint density at radius 2 is 2.08 bits per heavy atom. The van der Waals surface area contributed by atoms with Gasteiger partial charge in [0, 0.05) is 45.9 Å². The lowest BCUT2D eigenvalue weighted by Gasteiger charge is -2.35. The number of hydrogen-bond donors (Lipinski definition) is 1. The first-order valence-electron chi connectivity index (χ1n) is 9.61. The minimum atomic E-state index is 0.0177. The van der Waals surface area contributed by atoms with Crippen molar-refractivity contribution in [1.82, 2.24) is 19.8 Å². The van der Waals surface area contributed by atoms with E-state index < -0.39 is 0 Å². The predicted molar refractivity (Wildman–Crippen MR) is 102 cm³/mol. The molecule has 0 spiro atoms. The lowest BCUT2D eigenvalue weighted by Crippen LogP contribution is -2.53. The van der Waals surface area contributed by atoms with E-state index in [9.17, 15) is 4.79 Å². The topological polar surface area (TPSA) is 62.6 Å². The summed E-state index contributed by atoms with van der Waals surface area (Å²) in [4.78, 5) is 21.4. The third kappa shape index (κ3) is 3.35. The summed E-state index contributed by atoms with van der Waals surface area (Å²) in [6.45, 7) is 7.49. The predicted octanol–water partition coefficient (Wildman–Crippen LogP) is 2.07. The summed E-state index contributed by atoms with van der Waals surface area (Å²) in [5.41, 5.74) is 2.20. The number of amides is 2. The maximum atomic E-state index is 12.4. The van der Waals surface area contributed by atoms with E-state index in [4.69, 9.17) is 9.72 Å². The van der Waals surface area contributed by atoms with Gasteiger partial charge in [0.15, 0.2) is 0 Å². The number of nitrogens with zero attached hydrogens (tertiary/aromatic N) is 4. The molecule has 1 unspecified atom stereocenters. The summed E-state index contributed by atoms with van der Waals surface area (Å²) >= 11 is 0. The number of carbonyl (C=O) groups is 1. The Morgan fingerprint density at radius 1 is 1.27 bits per heavy atom. The van der Waals surface area contributed by atoms with Gasteiger partial charge in [-0.1, -0.05) is 12.1 Å². The number of benzene rings is 1. The number of urea groups is 1. The Kier molecular flexibility index (Phi) is 4.97. The van der Waals surface area contributed by atoms with Crippen molar-refractivity contribution in [1.29, 1.82) is 0 Å². The number of piperazine rings is 1. The van der Waals surface area contributed by atoms with Crippen LogP contribution >= 0.6 is 0 Å². The molecule has 26 heavy (non-hydrogen) atoms. The van der Waals surface area contributed by atoms with Crippen LogP contribution in [0, 0.1) is 0 Å². The van der Waals surface area contributed by atoms with Gasteiger partial charge in [0.25, 0.3) is 0 Å². The van der Waals surface area contributed by atoms with Gasteiger partial charge in [-0.2, -0.15) is 0 Å². The van der Waals surface area contributed by atoms with E-state index in [1.807, 2.05) is 11.0 Å². The van der Waals surface area contributed by atoms with Gasteiger partial charge in [0.1, 0.15) is 0 Å². The van der Waals surface area contributed by atoms with Gasteiger partial charge >= 0.3 is 6.03 Å². The van der Waals surface area contributed by atoms with Gasteiger partial charge in [-0.15, -0.1) is 0 Å². The minimum Gasteiger partial charge on any atom is -0.376 e. The summed E-state index contributed by atoms with van der Waals surface area (Å²) in [6.07, 6.45) is 2.32. The summed E-state index contributed by atoms with van der Waals surface area (Å²) in [6, 6.07) is 8.26. The zero-order valence-electron chi connectivity index (χ0n) is 15.4. The van der Waals surface area contributed by atoms with Crippen LogP contribution in [0.1, 0.15) is 19.8 Å². The SMILES string of the molecule is CCn1c(N2CCN(C(=O)NCC3CCCO3)CC2)nc2ccccc21. The Bertz CT molecular complexity index is 760. The van der Waals surface area contributed by atoms with Crippen molar-refractivity contribution in [3.05, 3.63) is 24.3 Å². The molecule has 4 rings (SSSR count). The van der Waals surface area contributed by atoms with Gasteiger partial charge in [-0.3, -0.25) is 0 Å². The first-order valence-corrected chi connectivity index (χ1v) is 9.61. The highest BCUT2D eigenvalue weighted by molar-refractivity contribution is 5.79. The summed E-state index contributed by atoms with van der Waals surface area (Å²) in [7, 11) is 0. The Hall–Kier alpha value is -2.28. The van der Waals surface area contributed by atoms with E-state index in [-0.39, 0.29) is 12.1 Å². The number of ether oxygens (including phenoxy) is 1. The minimum absolute atomic E-state index is 0.0177. The normalized spacial score (nSPS) is 20.7. The highest BCUT2D eigenvalue weighted by Gasteiger charge is 2.25. The van der Waals surface area contributed by atoms with Crippen molar-refractivity contribution in [3.63, 3.8) is 0 Å². The number of nitrogens with one attached hydrogen (secondary N) is 1. The Morgan fingerprint density at radius 3 is 2.81 bits per heavy atom. The van der Waals surface area contributed by atoms with Crippen LogP contribution in [0.5, 0.6) is 0 Å². The molecule has 2 saturated heterocycles. The molecule has 3 heterocycles. The second kappa shape index (κ2) is 7.53. The number of anilines is 1. The van der Waals surface area contributed by atoms with Crippen molar-refractivity contribution < 1.29 is 9.53 Å². The molecule has 2 amide bonds. The van der Waals surface area contributed by atoms with Crippen molar-refractivity contribution in [2.24, 2.45) is 0 Å². The molecular formula is C19H27N5O2. The van der Waals surface area contributed by atoms with Crippen molar-refractivity contribution in [2.75, 3.05) is 44.2 Å². The molecule has 140 valence electrons. The summed E-state index contributed by atoms with van der Waals surface area (Å²) in [5.74, 6) is 1.01. The molecule has 0 aliphatic carbocycles. The van der Waals surface area contributed by atoms with E-state index in [0.717, 1.165) is 50.5 Å². The fourth-order valence-electron chi connectivity index (χ4n) is 3.84. The molecule has 1 aromatic heterocycles. The third-order valence-electron chi connectivity index (χ3n) is 5.31. The van der Waals surface area contributed by atoms with E-state index in [1.54, 1.807) is 0 Å². The number of aryl methyl sites for hydroxylation is 1. The Labute approximate surface area is 153 Å². The van der Waals surface area contributed by atoms with Crippen molar-refractivity contribution >= 4 is 23.0 Å². The molecule has 2 aliphatic heterocycles. The number of para-hydroxylation sites is 2. The van der Waals surface area contributed by atoms with Gasteiger partial charge in [-0.05, 0) is 31.9 Å². The largest absolute Gasteiger partial charge is 0.376 e. The molecule has 1 aromatic carbocycles. The van der Waals surface area contributed by atoms with Crippen molar-refractivity contribution in [2.45, 2.75) is 32.4 Å².